The molecule has 0 bridgehead atoms. The van der Waals surface area contributed by atoms with Crippen molar-refractivity contribution < 1.29 is 22.7 Å². The number of aromatic nitrogens is 1. The molecular formula is C14H10ClF3N2O2. The molecule has 116 valence electrons. The second kappa shape index (κ2) is 6.65. The molecule has 0 spiro atoms. The van der Waals surface area contributed by atoms with Gasteiger partial charge in [0.1, 0.15) is 11.4 Å². The molecule has 22 heavy (non-hydrogen) atoms. The van der Waals surface area contributed by atoms with Gasteiger partial charge < -0.3 is 10.1 Å². The standard InChI is InChI=1S/C14H10ClF3N2O2/c15-9-5-6-19-11(7-9)13(21)20-10-3-1-2-4-12(10)22-8-14(16,17)18/h1-7H,8H2,(H,20,21). The number of nitrogens with zero attached hydrogens (tertiary/aromatic N) is 1. The third-order valence-electron chi connectivity index (χ3n) is 2.48. The van der Waals surface area contributed by atoms with Crippen molar-refractivity contribution in [2.45, 2.75) is 6.18 Å². The average molecular weight is 331 g/mol. The summed E-state index contributed by atoms with van der Waals surface area (Å²) in [5.74, 6) is -0.694. The predicted molar refractivity (Wildman–Crippen MR) is 75.2 cm³/mol. The first kappa shape index (κ1) is 16.1. The minimum atomic E-state index is -4.47. The van der Waals surface area contributed by atoms with Crippen molar-refractivity contribution in [3.63, 3.8) is 0 Å². The topological polar surface area (TPSA) is 51.2 Å². The van der Waals surface area contributed by atoms with Crippen molar-refractivity contribution in [3.05, 3.63) is 53.3 Å². The van der Waals surface area contributed by atoms with Crippen LogP contribution in [-0.2, 0) is 0 Å². The molecule has 0 fully saturated rings. The number of anilines is 1. The Morgan fingerprint density at radius 2 is 2.00 bits per heavy atom. The van der Waals surface area contributed by atoms with Crippen molar-refractivity contribution in [2.24, 2.45) is 0 Å². The summed E-state index contributed by atoms with van der Waals surface area (Å²) >= 11 is 5.75. The molecule has 0 saturated heterocycles. The quantitative estimate of drug-likeness (QED) is 0.924. The molecule has 0 aliphatic rings. The lowest BCUT2D eigenvalue weighted by Gasteiger charge is -2.13. The molecular weight excluding hydrogens is 321 g/mol. The van der Waals surface area contributed by atoms with Gasteiger partial charge in [-0.1, -0.05) is 23.7 Å². The molecule has 8 heteroatoms. The Kier molecular flexibility index (Phi) is 4.87. The van der Waals surface area contributed by atoms with Gasteiger partial charge in [0.05, 0.1) is 5.69 Å². The zero-order valence-corrected chi connectivity index (χ0v) is 11.8. The number of hydrogen-bond acceptors (Lipinski definition) is 3. The second-order valence-corrected chi connectivity index (χ2v) is 4.65. The van der Waals surface area contributed by atoms with Crippen LogP contribution in [0.25, 0.3) is 0 Å². The van der Waals surface area contributed by atoms with Crippen molar-refractivity contribution in [1.82, 2.24) is 4.98 Å². The Labute approximate surface area is 128 Å². The zero-order chi connectivity index (χ0) is 16.2. The molecule has 1 heterocycles. The van der Waals surface area contributed by atoms with Crippen molar-refractivity contribution in [3.8, 4) is 5.75 Å². The van der Waals surface area contributed by atoms with Gasteiger partial charge in [-0.25, -0.2) is 0 Å². The van der Waals surface area contributed by atoms with Gasteiger partial charge in [0.25, 0.3) is 5.91 Å². The van der Waals surface area contributed by atoms with Crippen LogP contribution in [-0.4, -0.2) is 23.7 Å². The van der Waals surface area contributed by atoms with Crippen LogP contribution < -0.4 is 10.1 Å². The van der Waals surface area contributed by atoms with Gasteiger partial charge in [-0.2, -0.15) is 13.2 Å². The van der Waals surface area contributed by atoms with Gasteiger partial charge in [0.2, 0.25) is 0 Å². The molecule has 0 unspecified atom stereocenters. The Bertz CT molecular complexity index is 677. The van der Waals surface area contributed by atoms with Gasteiger partial charge in [-0.15, -0.1) is 0 Å². The molecule has 1 aromatic heterocycles. The van der Waals surface area contributed by atoms with Crippen LogP contribution in [0.2, 0.25) is 5.02 Å². The summed E-state index contributed by atoms with van der Waals surface area (Å²) in [7, 11) is 0. The number of rotatable bonds is 4. The first-order valence-corrected chi connectivity index (χ1v) is 6.44. The second-order valence-electron chi connectivity index (χ2n) is 4.21. The summed E-state index contributed by atoms with van der Waals surface area (Å²) in [6, 6.07) is 8.65. The summed E-state index contributed by atoms with van der Waals surface area (Å²) < 4.78 is 41.3. The number of pyridine rings is 1. The third kappa shape index (κ3) is 4.63. The summed E-state index contributed by atoms with van der Waals surface area (Å²) in [4.78, 5) is 15.8. The number of benzene rings is 1. The Morgan fingerprint density at radius 1 is 1.27 bits per heavy atom. The Balaban J connectivity index is 2.14. The molecule has 0 aliphatic carbocycles. The smallest absolute Gasteiger partial charge is 0.422 e. The van der Waals surface area contributed by atoms with Crippen LogP contribution in [0.5, 0.6) is 5.75 Å². The maximum atomic E-state index is 12.2. The predicted octanol–water partition coefficient (Wildman–Crippen LogP) is 3.93. The van der Waals surface area contributed by atoms with Crippen LogP contribution in [0.1, 0.15) is 10.5 Å². The third-order valence-corrected chi connectivity index (χ3v) is 2.72. The first-order valence-electron chi connectivity index (χ1n) is 6.06. The highest BCUT2D eigenvalue weighted by molar-refractivity contribution is 6.30. The lowest BCUT2D eigenvalue weighted by atomic mass is 10.2. The number of ether oxygens (including phenoxy) is 1. The molecule has 1 amide bonds. The molecule has 0 atom stereocenters. The van der Waals surface area contributed by atoms with Crippen molar-refractivity contribution in [1.29, 1.82) is 0 Å². The lowest BCUT2D eigenvalue weighted by Crippen LogP contribution is -2.20. The van der Waals surface area contributed by atoms with E-state index in [4.69, 9.17) is 11.6 Å². The monoisotopic (exact) mass is 330 g/mol. The minimum Gasteiger partial charge on any atom is -0.482 e. The molecule has 1 aromatic carbocycles. The Hall–Kier alpha value is -2.28. The molecule has 2 aromatic rings. The number of nitrogens with one attached hydrogen (secondary N) is 1. The van der Waals surface area contributed by atoms with Gasteiger partial charge >= 0.3 is 6.18 Å². The summed E-state index contributed by atoms with van der Waals surface area (Å²) in [6.07, 6.45) is -3.12. The fourth-order valence-electron chi connectivity index (χ4n) is 1.57. The van der Waals surface area contributed by atoms with Gasteiger partial charge in [-0.3, -0.25) is 9.78 Å². The van der Waals surface area contributed by atoms with E-state index in [2.05, 4.69) is 15.0 Å². The summed E-state index contributed by atoms with van der Waals surface area (Å²) in [6.45, 7) is -1.45. The first-order chi connectivity index (χ1) is 10.3. The van der Waals surface area contributed by atoms with Crippen LogP contribution in [0.15, 0.2) is 42.6 Å². The number of carbonyl (C=O) groups excluding carboxylic acids is 1. The van der Waals surface area contributed by atoms with E-state index in [0.717, 1.165) is 0 Å². The fourth-order valence-corrected chi connectivity index (χ4v) is 1.73. The molecule has 4 nitrogen and oxygen atoms in total. The van der Waals surface area contributed by atoms with E-state index in [1.807, 2.05) is 0 Å². The Morgan fingerprint density at radius 3 is 2.68 bits per heavy atom. The molecule has 0 radical (unpaired) electrons. The van der Waals surface area contributed by atoms with Crippen LogP contribution in [0.3, 0.4) is 0 Å². The van der Waals surface area contributed by atoms with E-state index in [-0.39, 0.29) is 17.1 Å². The summed E-state index contributed by atoms with van der Waals surface area (Å²) in [5, 5.41) is 2.76. The number of carbonyl (C=O) groups is 1. The number of amides is 1. The van der Waals surface area contributed by atoms with Gasteiger partial charge in [0, 0.05) is 11.2 Å². The SMILES string of the molecule is O=C(Nc1ccccc1OCC(F)(F)F)c1cc(Cl)ccn1. The molecule has 1 N–H and O–H groups in total. The largest absolute Gasteiger partial charge is 0.482 e. The minimum absolute atomic E-state index is 0.0399. The van der Waals surface area contributed by atoms with E-state index >= 15 is 0 Å². The number of hydrogen-bond donors (Lipinski definition) is 1. The van der Waals surface area contributed by atoms with Crippen LogP contribution >= 0.6 is 11.6 Å². The number of halogens is 4. The van der Waals surface area contributed by atoms with Crippen LogP contribution in [0.4, 0.5) is 18.9 Å². The highest BCUT2D eigenvalue weighted by atomic mass is 35.5. The fraction of sp³-hybridized carbons (Fsp3) is 0.143. The van der Waals surface area contributed by atoms with Crippen molar-refractivity contribution >= 4 is 23.2 Å². The highest BCUT2D eigenvalue weighted by Crippen LogP contribution is 2.26. The van der Waals surface area contributed by atoms with E-state index in [1.165, 1.54) is 36.5 Å². The summed E-state index contributed by atoms with van der Waals surface area (Å²) in [5.41, 5.74) is 0.150. The molecule has 0 saturated carbocycles. The maximum Gasteiger partial charge on any atom is 0.422 e. The van der Waals surface area contributed by atoms with E-state index in [9.17, 15) is 18.0 Å². The van der Waals surface area contributed by atoms with Crippen molar-refractivity contribution in [2.75, 3.05) is 11.9 Å². The molecule has 2 rings (SSSR count). The lowest BCUT2D eigenvalue weighted by molar-refractivity contribution is -0.153. The van der Waals surface area contributed by atoms with Crippen LogP contribution in [0, 0.1) is 0 Å². The average Bonchev–Trinajstić information content (AvgIpc) is 2.45. The normalized spacial score (nSPS) is 11.1. The highest BCUT2D eigenvalue weighted by Gasteiger charge is 2.28. The van der Waals surface area contributed by atoms with E-state index in [0.29, 0.717) is 5.02 Å². The van der Waals surface area contributed by atoms with Gasteiger partial charge in [0.15, 0.2) is 6.61 Å². The van der Waals surface area contributed by atoms with E-state index in [1.54, 1.807) is 6.07 Å². The number of para-hydroxylation sites is 2. The van der Waals surface area contributed by atoms with Gasteiger partial charge in [-0.05, 0) is 24.3 Å². The maximum absolute atomic E-state index is 12.2. The molecule has 0 aliphatic heterocycles. The number of alkyl halides is 3. The zero-order valence-electron chi connectivity index (χ0n) is 11.0. The van der Waals surface area contributed by atoms with E-state index < -0.39 is 18.7 Å².